The van der Waals surface area contributed by atoms with Crippen LogP contribution in [0.2, 0.25) is 5.02 Å². The number of nitro groups is 2. The summed E-state index contributed by atoms with van der Waals surface area (Å²) in [6, 6.07) is 34.1. The normalized spacial score (nSPS) is 10.2. The minimum Gasteiger partial charge on any atom is -0.456 e. The van der Waals surface area contributed by atoms with E-state index in [9.17, 15) is 51.0 Å². The maximum absolute atomic E-state index is 13.3. The van der Waals surface area contributed by atoms with E-state index in [1.807, 2.05) is 81.4 Å². The number of hydrogen-bond donors (Lipinski definition) is 1. The molecule has 8 aromatic rings. The lowest BCUT2D eigenvalue weighted by Gasteiger charge is -2.09. The summed E-state index contributed by atoms with van der Waals surface area (Å²) in [5.74, 6) is -1.71. The summed E-state index contributed by atoms with van der Waals surface area (Å²) in [5, 5.41) is 21.2. The number of nitro benzene ring substituents is 2. The maximum Gasteiger partial charge on any atom is 0.314 e. The van der Waals surface area contributed by atoms with Crippen LogP contribution in [-0.2, 0) is 0 Å². The first-order valence-electron chi connectivity index (χ1n) is 20.5. The van der Waals surface area contributed by atoms with Crippen LogP contribution in [0.15, 0.2) is 162 Å². The van der Waals surface area contributed by atoms with Gasteiger partial charge in [-0.1, -0.05) is 64.7 Å². The minimum absolute atomic E-state index is 0.0119. The van der Waals surface area contributed by atoms with Gasteiger partial charge in [0.25, 0.3) is 0 Å². The monoisotopic (exact) mass is 1360 g/mol. The van der Waals surface area contributed by atoms with Crippen LogP contribution < -0.4 is 19.9 Å². The third-order valence-corrected chi connectivity index (χ3v) is 12.4. The molecule has 386 valence electrons. The van der Waals surface area contributed by atoms with Crippen LogP contribution >= 0.6 is 91.3 Å². The fourth-order valence-corrected chi connectivity index (χ4v) is 7.10. The van der Waals surface area contributed by atoms with E-state index < -0.39 is 61.9 Å². The van der Waals surface area contributed by atoms with Crippen molar-refractivity contribution in [1.29, 1.82) is 0 Å². The molecule has 0 amide bonds. The van der Waals surface area contributed by atoms with E-state index >= 15 is 0 Å². The first-order valence-corrected chi connectivity index (χ1v) is 24.8. The van der Waals surface area contributed by atoms with Crippen LogP contribution in [0.1, 0.15) is 16.7 Å². The molecule has 0 aliphatic rings. The topological polar surface area (TPSA) is 140 Å². The second-order valence-corrected chi connectivity index (χ2v) is 19.4. The molecule has 2 N–H and O–H groups in total. The van der Waals surface area contributed by atoms with Gasteiger partial charge in [0.2, 0.25) is 11.6 Å². The van der Waals surface area contributed by atoms with Gasteiger partial charge in [0.15, 0.2) is 5.75 Å². The Labute approximate surface area is 465 Å². The van der Waals surface area contributed by atoms with Crippen molar-refractivity contribution in [1.82, 2.24) is 0 Å². The zero-order chi connectivity index (χ0) is 55.0. The van der Waals surface area contributed by atoms with Crippen molar-refractivity contribution in [2.45, 2.75) is 20.8 Å². The molecule has 0 unspecified atom stereocenters. The van der Waals surface area contributed by atoms with Gasteiger partial charge < -0.3 is 19.9 Å². The van der Waals surface area contributed by atoms with Crippen LogP contribution in [-0.4, -0.2) is 9.85 Å². The highest BCUT2D eigenvalue weighted by molar-refractivity contribution is 9.11. The fraction of sp³-hybridized carbons (Fsp3) is 0.0588. The summed E-state index contributed by atoms with van der Waals surface area (Å²) >= 11 is 20.6. The standard InChI is InChI=1S/C13H9BrClFO.C13H9BrFNO3.C13H11BrFNO.C6H2BrF2NO2.C6H3BrF2/c1-8-2-4-9(5-3-8)17-13-6-10(14)12(16)7-11(13)15;1-8-2-4-9(5-3-8)19-13-6-10(14)11(15)7-12(13)16(17)18;1-8-2-4-9(5-3-8)17-13-6-10(14)11(15)7-12(13)16;7-3-1-5(9)6(10(11)12)2-4(3)8;7-5-3-4(8)1-2-6(5)9/h2-7H,1H3;2-7H,1H3;2-7H,16H2,1H3;1-2H;1-3H. The Morgan fingerprint density at radius 2 is 0.770 bits per heavy atom. The third-order valence-electron chi connectivity index (χ3n) is 9.04. The average molecular weight is 1370 g/mol. The van der Waals surface area contributed by atoms with Gasteiger partial charge in [-0.25, -0.2) is 26.3 Å². The molecule has 0 atom stereocenters. The number of nitrogens with two attached hydrogens (primary N) is 1. The molecule has 0 fully saturated rings. The van der Waals surface area contributed by atoms with E-state index in [-0.39, 0.29) is 29.9 Å². The highest BCUT2D eigenvalue weighted by Gasteiger charge is 2.20. The Kier molecular flexibility index (Phi) is 23.4. The Morgan fingerprint density at radius 3 is 1.20 bits per heavy atom. The molecule has 0 aliphatic carbocycles. The van der Waals surface area contributed by atoms with Gasteiger partial charge in [-0.2, -0.15) is 4.39 Å². The number of hydrogen-bond acceptors (Lipinski definition) is 8. The van der Waals surface area contributed by atoms with Crippen LogP contribution in [0, 0.1) is 81.7 Å². The first kappa shape index (κ1) is 60.5. The number of halogens is 13. The lowest BCUT2D eigenvalue weighted by Crippen LogP contribution is -1.95. The van der Waals surface area contributed by atoms with E-state index in [4.69, 9.17) is 31.5 Å². The smallest absolute Gasteiger partial charge is 0.314 e. The summed E-state index contributed by atoms with van der Waals surface area (Å²) in [6.07, 6.45) is 0. The lowest BCUT2D eigenvalue weighted by atomic mass is 10.2. The van der Waals surface area contributed by atoms with E-state index in [0.29, 0.717) is 49.8 Å². The maximum atomic E-state index is 13.3. The largest absolute Gasteiger partial charge is 0.456 e. The van der Waals surface area contributed by atoms with Crippen LogP contribution in [0.25, 0.3) is 0 Å². The molecule has 10 nitrogen and oxygen atoms in total. The fourth-order valence-electron chi connectivity index (χ4n) is 5.28. The van der Waals surface area contributed by atoms with Gasteiger partial charge in [-0.15, -0.1) is 0 Å². The van der Waals surface area contributed by atoms with E-state index in [2.05, 4.69) is 79.6 Å². The molecule has 0 aromatic heterocycles. The van der Waals surface area contributed by atoms with E-state index in [0.717, 1.165) is 41.0 Å². The minimum atomic E-state index is -1.06. The second-order valence-electron chi connectivity index (χ2n) is 14.8. The number of aryl methyl sites for hydroxylation is 3. The van der Waals surface area contributed by atoms with Crippen molar-refractivity contribution in [3.8, 4) is 34.5 Å². The third kappa shape index (κ3) is 19.0. The summed E-state index contributed by atoms with van der Waals surface area (Å²) in [6.45, 7) is 5.90. The number of benzene rings is 8. The van der Waals surface area contributed by atoms with Crippen molar-refractivity contribution in [2.75, 3.05) is 5.73 Å². The number of ether oxygens (including phenoxy) is 3. The molecule has 8 rings (SSSR count). The summed E-state index contributed by atoms with van der Waals surface area (Å²) in [4.78, 5) is 19.3. The molecule has 0 radical (unpaired) electrons. The lowest BCUT2D eigenvalue weighted by molar-refractivity contribution is -0.387. The molecular formula is C51H34Br5ClF7N3O7. The predicted molar refractivity (Wildman–Crippen MR) is 287 cm³/mol. The van der Waals surface area contributed by atoms with Crippen molar-refractivity contribution in [3.05, 3.63) is 245 Å². The van der Waals surface area contributed by atoms with E-state index in [1.54, 1.807) is 12.1 Å². The Hall–Kier alpha value is -6.04. The Bertz CT molecular complexity index is 3160. The summed E-state index contributed by atoms with van der Waals surface area (Å²) in [7, 11) is 0. The van der Waals surface area contributed by atoms with Crippen molar-refractivity contribution >= 4 is 108 Å². The quantitative estimate of drug-likeness (QED) is 0.0521. The number of anilines is 1. The van der Waals surface area contributed by atoms with Crippen molar-refractivity contribution in [2.24, 2.45) is 0 Å². The highest BCUT2D eigenvalue weighted by atomic mass is 79.9. The van der Waals surface area contributed by atoms with Gasteiger partial charge >= 0.3 is 11.4 Å². The zero-order valence-corrected chi connectivity index (χ0v) is 46.7. The first-order chi connectivity index (χ1) is 34.8. The summed E-state index contributed by atoms with van der Waals surface area (Å²) in [5.41, 5.74) is 8.00. The molecule has 74 heavy (non-hydrogen) atoms. The Morgan fingerprint density at radius 1 is 0.419 bits per heavy atom. The molecule has 0 spiro atoms. The van der Waals surface area contributed by atoms with Gasteiger partial charge in [0, 0.05) is 18.2 Å². The SMILES string of the molecule is Cc1ccc(Oc2cc(Br)c(F)cc2Cl)cc1.Cc1ccc(Oc2cc(Br)c(F)cc2N)cc1.Cc1ccc(Oc2cc(Br)c(F)cc2[N+](=O)[O-])cc1.Fc1ccc(F)c(Br)c1.O=[N+]([O-])c1cc(F)c(Br)cc1F. The van der Waals surface area contributed by atoms with Crippen molar-refractivity contribution in [3.63, 3.8) is 0 Å². The highest BCUT2D eigenvalue weighted by Crippen LogP contribution is 2.37. The number of nitrogens with zero attached hydrogens (tertiary/aromatic N) is 2. The summed E-state index contributed by atoms with van der Waals surface area (Å²) < 4.78 is 107. The number of rotatable bonds is 8. The molecule has 8 aromatic carbocycles. The molecule has 23 heteroatoms. The van der Waals surface area contributed by atoms with Crippen molar-refractivity contribution < 1.29 is 54.8 Å². The molecule has 0 saturated carbocycles. The number of nitrogen functional groups attached to an aromatic ring is 1. The van der Waals surface area contributed by atoms with E-state index in [1.165, 1.54) is 30.3 Å². The van der Waals surface area contributed by atoms with Gasteiger partial charge in [0.1, 0.15) is 57.9 Å². The predicted octanol–water partition coefficient (Wildman–Crippen LogP) is 19.6. The molecule has 0 saturated heterocycles. The van der Waals surface area contributed by atoms with Gasteiger partial charge in [-0.05, 0) is 173 Å². The molecule has 0 bridgehead atoms. The average Bonchev–Trinajstić information content (AvgIpc) is 3.34. The second kappa shape index (κ2) is 28.6. The van der Waals surface area contributed by atoms with Crippen LogP contribution in [0.3, 0.4) is 0 Å². The van der Waals surface area contributed by atoms with Crippen LogP contribution in [0.5, 0.6) is 34.5 Å². The van der Waals surface area contributed by atoms with Gasteiger partial charge in [0.05, 0.1) is 55.1 Å². The van der Waals surface area contributed by atoms with Crippen LogP contribution in [0.4, 0.5) is 47.8 Å². The molecule has 0 heterocycles. The molecular weight excluding hydrogens is 1330 g/mol. The van der Waals surface area contributed by atoms with Gasteiger partial charge in [-0.3, -0.25) is 20.2 Å². The zero-order valence-electron chi connectivity index (χ0n) is 38.0. The Balaban J connectivity index is 0.000000204. The molecule has 0 aliphatic heterocycles.